The zero-order valence-electron chi connectivity index (χ0n) is 8.68. The number of anilines is 1. The van der Waals surface area contributed by atoms with Gasteiger partial charge in [-0.1, -0.05) is 0 Å². The third-order valence-corrected chi connectivity index (χ3v) is 3.17. The summed E-state index contributed by atoms with van der Waals surface area (Å²) < 4.78 is 0. The maximum absolute atomic E-state index is 11.7. The van der Waals surface area contributed by atoms with Crippen LogP contribution in [0.15, 0.2) is 18.3 Å². The van der Waals surface area contributed by atoms with Crippen LogP contribution in [0.2, 0.25) is 0 Å². The monoisotopic (exact) mass is 222 g/mol. The molecule has 0 N–H and O–H groups in total. The van der Waals surface area contributed by atoms with Crippen molar-refractivity contribution < 1.29 is 4.79 Å². The van der Waals surface area contributed by atoms with Crippen LogP contribution in [0.1, 0.15) is 12.1 Å². The van der Waals surface area contributed by atoms with E-state index >= 15 is 0 Å². The Morgan fingerprint density at radius 3 is 3.07 bits per heavy atom. The van der Waals surface area contributed by atoms with Crippen LogP contribution in [0.5, 0.6) is 0 Å². The first-order valence-corrected chi connectivity index (χ1v) is 5.68. The van der Waals surface area contributed by atoms with Crippen molar-refractivity contribution in [1.82, 2.24) is 4.98 Å². The summed E-state index contributed by atoms with van der Waals surface area (Å²) in [6.07, 6.45) is 2.36. The maximum Gasteiger partial charge on any atom is 0.227 e. The summed E-state index contributed by atoms with van der Waals surface area (Å²) in [5.41, 5.74) is 1.89. The van der Waals surface area contributed by atoms with E-state index in [0.29, 0.717) is 12.3 Å². The Hall–Kier alpha value is -1.03. The standard InChI is InChI=1S/C11H14N2OS/c1-8-4-10(2-3-12-8)13-6-9(7-15)5-11(13)14/h2-4,9,15H,5-7H2,1H3. The molecule has 3 nitrogen and oxygen atoms in total. The van der Waals surface area contributed by atoms with Crippen molar-refractivity contribution in [3.05, 3.63) is 24.0 Å². The summed E-state index contributed by atoms with van der Waals surface area (Å²) in [4.78, 5) is 17.7. The van der Waals surface area contributed by atoms with E-state index < -0.39 is 0 Å². The summed E-state index contributed by atoms with van der Waals surface area (Å²) in [5, 5.41) is 0. The largest absolute Gasteiger partial charge is 0.312 e. The molecule has 4 heteroatoms. The van der Waals surface area contributed by atoms with Crippen molar-refractivity contribution in [1.29, 1.82) is 0 Å². The minimum atomic E-state index is 0.194. The van der Waals surface area contributed by atoms with Gasteiger partial charge in [-0.2, -0.15) is 12.6 Å². The van der Waals surface area contributed by atoms with Crippen LogP contribution in [0, 0.1) is 12.8 Å². The smallest absolute Gasteiger partial charge is 0.227 e. The first-order chi connectivity index (χ1) is 7.20. The molecule has 0 aromatic carbocycles. The summed E-state index contributed by atoms with van der Waals surface area (Å²) in [7, 11) is 0. The van der Waals surface area contributed by atoms with Crippen LogP contribution in [0.4, 0.5) is 5.69 Å². The minimum Gasteiger partial charge on any atom is -0.312 e. The zero-order chi connectivity index (χ0) is 10.8. The van der Waals surface area contributed by atoms with Crippen LogP contribution in [0.3, 0.4) is 0 Å². The van der Waals surface area contributed by atoms with Gasteiger partial charge in [0.2, 0.25) is 5.91 Å². The molecule has 0 radical (unpaired) electrons. The maximum atomic E-state index is 11.7. The predicted molar refractivity (Wildman–Crippen MR) is 63.3 cm³/mol. The Morgan fingerprint density at radius 1 is 1.67 bits per heavy atom. The van der Waals surface area contributed by atoms with Crippen LogP contribution >= 0.6 is 12.6 Å². The van der Waals surface area contributed by atoms with Gasteiger partial charge in [0.25, 0.3) is 0 Å². The number of aryl methyl sites for hydroxylation is 1. The van der Waals surface area contributed by atoms with Crippen molar-refractivity contribution in [3.8, 4) is 0 Å². The number of thiol groups is 1. The Kier molecular flexibility index (Phi) is 2.95. The second-order valence-electron chi connectivity index (χ2n) is 3.91. The molecule has 2 heterocycles. The second kappa shape index (κ2) is 4.23. The lowest BCUT2D eigenvalue weighted by molar-refractivity contribution is -0.117. The van der Waals surface area contributed by atoms with Gasteiger partial charge in [-0.3, -0.25) is 9.78 Å². The summed E-state index contributed by atoms with van der Waals surface area (Å²) in [6.45, 7) is 2.71. The molecule has 1 amide bonds. The van der Waals surface area contributed by atoms with Gasteiger partial charge in [-0.25, -0.2) is 0 Å². The highest BCUT2D eigenvalue weighted by molar-refractivity contribution is 7.80. The normalized spacial score (nSPS) is 21.1. The van der Waals surface area contributed by atoms with E-state index in [1.54, 1.807) is 6.20 Å². The molecule has 0 spiro atoms. The van der Waals surface area contributed by atoms with Crippen LogP contribution in [0.25, 0.3) is 0 Å². The first kappa shape index (κ1) is 10.5. The van der Waals surface area contributed by atoms with Gasteiger partial charge in [-0.05, 0) is 30.7 Å². The fourth-order valence-corrected chi connectivity index (χ4v) is 2.10. The van der Waals surface area contributed by atoms with Crippen molar-refractivity contribution in [2.45, 2.75) is 13.3 Å². The van der Waals surface area contributed by atoms with E-state index in [0.717, 1.165) is 23.7 Å². The molecule has 1 atom stereocenters. The van der Waals surface area contributed by atoms with Gasteiger partial charge in [0.1, 0.15) is 0 Å². The molecular weight excluding hydrogens is 208 g/mol. The van der Waals surface area contributed by atoms with E-state index in [1.807, 2.05) is 24.0 Å². The highest BCUT2D eigenvalue weighted by atomic mass is 32.1. The fraction of sp³-hybridized carbons (Fsp3) is 0.455. The average molecular weight is 222 g/mol. The highest BCUT2D eigenvalue weighted by Gasteiger charge is 2.29. The fourth-order valence-electron chi connectivity index (χ4n) is 1.85. The topological polar surface area (TPSA) is 33.2 Å². The molecule has 0 bridgehead atoms. The molecule has 1 unspecified atom stereocenters. The molecule has 1 fully saturated rings. The molecule has 1 aliphatic rings. The molecule has 1 aromatic heterocycles. The number of carbonyl (C=O) groups is 1. The predicted octanol–water partition coefficient (Wildman–Crippen LogP) is 1.67. The van der Waals surface area contributed by atoms with Gasteiger partial charge in [0.15, 0.2) is 0 Å². The number of hydrogen-bond donors (Lipinski definition) is 1. The number of pyridine rings is 1. The second-order valence-corrected chi connectivity index (χ2v) is 4.28. The Bertz CT molecular complexity index is 381. The molecule has 0 saturated carbocycles. The molecule has 0 aliphatic carbocycles. The van der Waals surface area contributed by atoms with Gasteiger partial charge in [-0.15, -0.1) is 0 Å². The van der Waals surface area contributed by atoms with E-state index in [4.69, 9.17) is 0 Å². The summed E-state index contributed by atoms with van der Waals surface area (Å²) >= 11 is 4.24. The lowest BCUT2D eigenvalue weighted by Crippen LogP contribution is -2.24. The molecule has 1 aliphatic heterocycles. The molecular formula is C11H14N2OS. The number of rotatable bonds is 2. The van der Waals surface area contributed by atoms with Crippen molar-refractivity contribution in [2.75, 3.05) is 17.2 Å². The van der Waals surface area contributed by atoms with E-state index in [-0.39, 0.29) is 5.91 Å². The minimum absolute atomic E-state index is 0.194. The number of nitrogens with zero attached hydrogens (tertiary/aromatic N) is 2. The van der Waals surface area contributed by atoms with Crippen LogP contribution in [-0.4, -0.2) is 23.2 Å². The van der Waals surface area contributed by atoms with Gasteiger partial charge in [0, 0.05) is 30.5 Å². The van der Waals surface area contributed by atoms with Gasteiger partial charge >= 0.3 is 0 Å². The quantitative estimate of drug-likeness (QED) is 0.772. The molecule has 2 rings (SSSR count). The number of carbonyl (C=O) groups excluding carboxylic acids is 1. The van der Waals surface area contributed by atoms with Gasteiger partial charge < -0.3 is 4.90 Å². The van der Waals surface area contributed by atoms with E-state index in [1.165, 1.54) is 0 Å². The van der Waals surface area contributed by atoms with Crippen molar-refractivity contribution in [3.63, 3.8) is 0 Å². The number of amides is 1. The Balaban J connectivity index is 2.21. The van der Waals surface area contributed by atoms with Crippen LogP contribution < -0.4 is 4.90 Å². The SMILES string of the molecule is Cc1cc(N2CC(CS)CC2=O)ccn1. The molecule has 1 aromatic rings. The summed E-state index contributed by atoms with van der Waals surface area (Å²) in [6, 6.07) is 3.82. The Labute approximate surface area is 94.9 Å². The Morgan fingerprint density at radius 2 is 2.47 bits per heavy atom. The van der Waals surface area contributed by atoms with Crippen molar-refractivity contribution >= 4 is 24.2 Å². The molecule has 80 valence electrons. The highest BCUT2D eigenvalue weighted by Crippen LogP contribution is 2.25. The van der Waals surface area contributed by atoms with Gasteiger partial charge in [0.05, 0.1) is 0 Å². The lowest BCUT2D eigenvalue weighted by Gasteiger charge is -2.16. The van der Waals surface area contributed by atoms with E-state index in [9.17, 15) is 4.79 Å². The van der Waals surface area contributed by atoms with E-state index in [2.05, 4.69) is 17.6 Å². The summed E-state index contributed by atoms with van der Waals surface area (Å²) in [5.74, 6) is 1.35. The first-order valence-electron chi connectivity index (χ1n) is 5.04. The number of hydrogen-bond acceptors (Lipinski definition) is 3. The third kappa shape index (κ3) is 2.15. The third-order valence-electron chi connectivity index (χ3n) is 2.66. The molecule has 15 heavy (non-hydrogen) atoms. The molecule has 1 saturated heterocycles. The average Bonchev–Trinajstić information content (AvgIpc) is 2.60. The van der Waals surface area contributed by atoms with Crippen molar-refractivity contribution in [2.24, 2.45) is 5.92 Å². The number of aromatic nitrogens is 1. The van der Waals surface area contributed by atoms with Crippen LogP contribution in [-0.2, 0) is 4.79 Å². The lowest BCUT2D eigenvalue weighted by atomic mass is 10.1. The zero-order valence-corrected chi connectivity index (χ0v) is 9.58.